The van der Waals surface area contributed by atoms with Crippen LogP contribution >= 0.6 is 0 Å². The maximum atomic E-state index is 11.0. The van der Waals surface area contributed by atoms with E-state index in [9.17, 15) is 9.59 Å². The minimum absolute atomic E-state index is 0.179. The Bertz CT molecular complexity index is 553. The Labute approximate surface area is 148 Å². The maximum absolute atomic E-state index is 11.0. The number of aryl methyl sites for hydroxylation is 3. The second-order valence-electron chi connectivity index (χ2n) is 5.32. The minimum atomic E-state index is -4.94. The molecule has 9 nitrogen and oxygen atoms in total. The molecule has 1 heterocycles. The maximum Gasteiger partial charge on any atom is 0.302 e. The molecule has 0 aliphatic carbocycles. The van der Waals surface area contributed by atoms with Crippen molar-refractivity contribution in [2.45, 2.75) is 40.7 Å². The first-order valence-electron chi connectivity index (χ1n) is 7.19. The van der Waals surface area contributed by atoms with Crippen LogP contribution in [0.5, 0.6) is 0 Å². The molecule has 0 spiro atoms. The summed E-state index contributed by atoms with van der Waals surface area (Å²) in [6.07, 6.45) is 0. The molecule has 1 aromatic heterocycles. The van der Waals surface area contributed by atoms with Crippen molar-refractivity contribution in [3.8, 4) is 0 Å². The predicted octanol–water partition coefficient (Wildman–Crippen LogP) is -3.19. The van der Waals surface area contributed by atoms with Gasteiger partial charge >= 0.3 is 11.9 Å². The highest BCUT2D eigenvalue weighted by molar-refractivity contribution is 5.66. The fourth-order valence-corrected chi connectivity index (χ4v) is 2.32. The van der Waals surface area contributed by atoms with Gasteiger partial charge in [-0.3, -0.25) is 9.59 Å². The van der Waals surface area contributed by atoms with E-state index in [1.807, 2.05) is 37.5 Å². The molecule has 0 aliphatic heterocycles. The smallest absolute Gasteiger partial charge is 0.302 e. The average Bonchev–Trinajstić information content (AvgIpc) is 2.37. The Morgan fingerprint density at radius 2 is 1.28 bits per heavy atom. The van der Waals surface area contributed by atoms with Crippen molar-refractivity contribution < 1.29 is 52.5 Å². The van der Waals surface area contributed by atoms with E-state index in [1.165, 1.54) is 13.8 Å². The van der Waals surface area contributed by atoms with E-state index in [0.29, 0.717) is 0 Å². The van der Waals surface area contributed by atoms with Crippen LogP contribution in [0.25, 0.3) is 0 Å². The molecule has 1 aromatic rings. The summed E-state index contributed by atoms with van der Waals surface area (Å²) in [5.74, 6) is -0.693. The van der Waals surface area contributed by atoms with Crippen molar-refractivity contribution in [3.05, 3.63) is 29.1 Å². The Balaban J connectivity index is 0.00000101. The number of halogens is 1. The van der Waals surface area contributed by atoms with Crippen molar-refractivity contribution in [2.24, 2.45) is 0 Å². The first kappa shape index (κ1) is 23.2. The highest BCUT2D eigenvalue weighted by atomic mass is 35.7. The Hall–Kier alpha value is -1.78. The van der Waals surface area contributed by atoms with Crippen LogP contribution in [0, 0.1) is 31.0 Å². The van der Waals surface area contributed by atoms with E-state index in [2.05, 4.69) is 0 Å². The zero-order valence-corrected chi connectivity index (χ0v) is 15.5. The molecular weight excluding hydrogens is 358 g/mol. The summed E-state index contributed by atoms with van der Waals surface area (Å²) >= 11 is 0. The topological polar surface area (TPSA) is 149 Å². The second kappa shape index (κ2) is 10.3. The molecule has 0 unspecified atom stereocenters. The third-order valence-electron chi connectivity index (χ3n) is 2.96. The molecule has 10 heteroatoms. The zero-order chi connectivity index (χ0) is 19.8. The van der Waals surface area contributed by atoms with Gasteiger partial charge in [-0.05, 0) is 12.5 Å². The van der Waals surface area contributed by atoms with Gasteiger partial charge in [0.1, 0.15) is 0 Å². The van der Waals surface area contributed by atoms with Crippen LogP contribution in [0.4, 0.5) is 0 Å². The second-order valence-corrected chi connectivity index (χ2v) is 6.08. The van der Waals surface area contributed by atoms with Crippen LogP contribution in [-0.4, -0.2) is 25.2 Å². The van der Waals surface area contributed by atoms with E-state index in [1.54, 1.807) is 0 Å². The van der Waals surface area contributed by atoms with Gasteiger partial charge in [0.05, 0.1) is 0 Å². The fraction of sp³-hybridized carbons (Fsp3) is 0.533. The lowest BCUT2D eigenvalue weighted by atomic mass is 10.1. The van der Waals surface area contributed by atoms with E-state index in [0.717, 1.165) is 17.0 Å². The van der Waals surface area contributed by atoms with Crippen LogP contribution in [-0.2, 0) is 19.1 Å². The van der Waals surface area contributed by atoms with Gasteiger partial charge in [0, 0.05) is 39.8 Å². The number of carbonyl (C=O) groups is 2. The van der Waals surface area contributed by atoms with Crippen LogP contribution in [0.3, 0.4) is 0 Å². The molecule has 0 aromatic carbocycles. The lowest BCUT2D eigenvalue weighted by Crippen LogP contribution is -2.68. The summed E-state index contributed by atoms with van der Waals surface area (Å²) in [6, 6.07) is 3.87. The highest BCUT2D eigenvalue weighted by Crippen LogP contribution is 2.08. The zero-order valence-electron chi connectivity index (χ0n) is 14.7. The molecule has 0 fully saturated rings. The summed E-state index contributed by atoms with van der Waals surface area (Å²) in [7, 11) is -4.94. The predicted molar refractivity (Wildman–Crippen MR) is 73.2 cm³/mol. The van der Waals surface area contributed by atoms with Crippen molar-refractivity contribution >= 4 is 11.9 Å². The lowest BCUT2D eigenvalue weighted by molar-refractivity contribution is -2.00. The van der Waals surface area contributed by atoms with E-state index >= 15 is 0 Å². The molecule has 0 N–H and O–H groups in total. The van der Waals surface area contributed by atoms with Crippen LogP contribution < -0.4 is 23.2 Å². The number of carbonyl (C=O) groups excluding carboxylic acids is 2. The molecule has 0 aliphatic rings. The quantitative estimate of drug-likeness (QED) is 0.383. The number of rotatable bonds is 5. The first-order chi connectivity index (χ1) is 11.3. The summed E-state index contributed by atoms with van der Waals surface area (Å²) in [5, 5.41) is 0. The number of nitrogens with zero attached hydrogens (tertiary/aromatic N) is 1. The van der Waals surface area contributed by atoms with E-state index in [-0.39, 0.29) is 31.2 Å². The van der Waals surface area contributed by atoms with Crippen molar-refractivity contribution in [1.29, 1.82) is 0 Å². The molecule has 25 heavy (non-hydrogen) atoms. The van der Waals surface area contributed by atoms with Gasteiger partial charge in [-0.25, -0.2) is 18.6 Å². The fourth-order valence-electron chi connectivity index (χ4n) is 2.32. The van der Waals surface area contributed by atoms with Gasteiger partial charge in [-0.1, -0.05) is 0 Å². The SMILES string of the molecule is CC(=O)OCC(COC(C)=O)[n+]1c(C)cc(C)cc1C.[O-][Cl+3]([O-])([O-])[O-]. The number of hydrogen-bond acceptors (Lipinski definition) is 8. The molecule has 0 atom stereocenters. The van der Waals surface area contributed by atoms with Crippen molar-refractivity contribution in [2.75, 3.05) is 13.2 Å². The van der Waals surface area contributed by atoms with Crippen molar-refractivity contribution in [1.82, 2.24) is 0 Å². The Morgan fingerprint density at radius 3 is 1.56 bits per heavy atom. The van der Waals surface area contributed by atoms with Gasteiger partial charge in [-0.2, -0.15) is 4.57 Å². The summed E-state index contributed by atoms with van der Waals surface area (Å²) in [6.45, 7) is 9.07. The minimum Gasteiger partial charge on any atom is -0.459 e. The standard InChI is InChI=1S/C15H22NO4.ClHO4/c1-10-6-11(2)16(12(3)7-10)15(8-19-13(4)17)9-20-14(5)18;2-1(3,4)5/h6-7,15H,8-9H2,1-5H3;(H,2,3,4,5)/q+1;/p-1. The normalized spacial score (nSPS) is 10.8. The summed E-state index contributed by atoms with van der Waals surface area (Å²) in [5.41, 5.74) is 3.23. The number of pyridine rings is 1. The molecule has 0 saturated carbocycles. The number of ether oxygens (including phenoxy) is 2. The molecule has 0 radical (unpaired) electrons. The first-order valence-corrected chi connectivity index (χ1v) is 8.42. The number of aromatic nitrogens is 1. The Kier molecular flexibility index (Phi) is 9.53. The summed E-state index contributed by atoms with van der Waals surface area (Å²) < 4.78 is 46.2. The van der Waals surface area contributed by atoms with E-state index < -0.39 is 10.2 Å². The largest absolute Gasteiger partial charge is 0.459 e. The third kappa shape index (κ3) is 11.4. The van der Waals surface area contributed by atoms with Gasteiger partial charge in [0.25, 0.3) is 0 Å². The van der Waals surface area contributed by atoms with Crippen LogP contribution in [0.2, 0.25) is 0 Å². The Morgan fingerprint density at radius 1 is 0.960 bits per heavy atom. The van der Waals surface area contributed by atoms with Crippen LogP contribution in [0.15, 0.2) is 12.1 Å². The van der Waals surface area contributed by atoms with Crippen LogP contribution in [0.1, 0.15) is 36.8 Å². The van der Waals surface area contributed by atoms with Gasteiger partial charge < -0.3 is 9.47 Å². The molecule has 0 amide bonds. The molecule has 142 valence electrons. The lowest BCUT2D eigenvalue weighted by Gasteiger charge is -2.17. The molecule has 1 rings (SSSR count). The average molecular weight is 380 g/mol. The number of esters is 2. The van der Waals surface area contributed by atoms with Gasteiger partial charge in [0.2, 0.25) is 6.04 Å². The molecule has 0 bridgehead atoms. The monoisotopic (exact) mass is 379 g/mol. The molecular formula is C15H22ClNO8. The molecule has 0 saturated heterocycles. The third-order valence-corrected chi connectivity index (χ3v) is 2.96. The number of hydrogen-bond donors (Lipinski definition) is 0. The van der Waals surface area contributed by atoms with Gasteiger partial charge in [-0.15, -0.1) is 10.2 Å². The summed E-state index contributed by atoms with van der Waals surface area (Å²) in [4.78, 5) is 22.0. The van der Waals surface area contributed by atoms with Crippen molar-refractivity contribution in [3.63, 3.8) is 0 Å². The highest BCUT2D eigenvalue weighted by Gasteiger charge is 2.26. The van der Waals surface area contributed by atoms with E-state index in [4.69, 9.17) is 28.1 Å². The van der Waals surface area contributed by atoms with Gasteiger partial charge in [0.15, 0.2) is 24.6 Å².